The van der Waals surface area contributed by atoms with Gasteiger partial charge in [-0.25, -0.2) is 0 Å². The highest BCUT2D eigenvalue weighted by Crippen LogP contribution is 2.30. The number of aromatic nitrogens is 1. The van der Waals surface area contributed by atoms with Crippen molar-refractivity contribution in [3.63, 3.8) is 0 Å². The molecule has 1 N–H and O–H groups in total. The molecule has 1 aromatic heterocycles. The fourth-order valence-corrected chi connectivity index (χ4v) is 1.61. The largest absolute Gasteiger partial charge is 0.487 e. The Hall–Kier alpha value is -2.24. The third-order valence-corrected chi connectivity index (χ3v) is 2.67. The number of alkyl halides is 3. The molecule has 0 bridgehead atoms. The van der Waals surface area contributed by atoms with Crippen molar-refractivity contribution in [2.24, 2.45) is 0 Å². The van der Waals surface area contributed by atoms with Crippen molar-refractivity contribution in [2.75, 3.05) is 12.4 Å². The summed E-state index contributed by atoms with van der Waals surface area (Å²) >= 11 is 0. The summed E-state index contributed by atoms with van der Waals surface area (Å²) in [5.41, 5.74) is 0.892. The molecule has 0 saturated carbocycles. The topological polar surface area (TPSA) is 34.2 Å². The Kier molecular flexibility index (Phi) is 4.12. The van der Waals surface area contributed by atoms with Gasteiger partial charge in [-0.2, -0.15) is 13.2 Å². The summed E-state index contributed by atoms with van der Waals surface area (Å²) in [6.07, 6.45) is -2.70. The Morgan fingerprint density at radius 1 is 1.15 bits per heavy atom. The van der Waals surface area contributed by atoms with E-state index in [1.165, 1.54) is 12.1 Å². The van der Waals surface area contributed by atoms with E-state index in [1.807, 2.05) is 12.1 Å². The first-order valence-electron chi connectivity index (χ1n) is 5.92. The second-order valence-electron chi connectivity index (χ2n) is 4.10. The molecular weight excluding hydrogens is 269 g/mol. The summed E-state index contributed by atoms with van der Waals surface area (Å²) < 4.78 is 42.6. The number of halogens is 3. The van der Waals surface area contributed by atoms with Crippen LogP contribution < -0.4 is 10.1 Å². The zero-order chi connectivity index (χ0) is 14.6. The van der Waals surface area contributed by atoms with E-state index >= 15 is 0 Å². The molecule has 20 heavy (non-hydrogen) atoms. The zero-order valence-electron chi connectivity index (χ0n) is 10.7. The van der Waals surface area contributed by atoms with Gasteiger partial charge in [-0.3, -0.25) is 4.98 Å². The first-order valence-corrected chi connectivity index (χ1v) is 5.92. The highest BCUT2D eigenvalue weighted by Gasteiger charge is 2.29. The van der Waals surface area contributed by atoms with Crippen LogP contribution in [0.4, 0.5) is 18.9 Å². The quantitative estimate of drug-likeness (QED) is 0.928. The van der Waals surface area contributed by atoms with Gasteiger partial charge in [-0.1, -0.05) is 0 Å². The molecule has 0 aliphatic carbocycles. The van der Waals surface area contributed by atoms with Crippen molar-refractivity contribution in [3.05, 3.63) is 53.9 Å². The molecule has 6 heteroatoms. The van der Waals surface area contributed by atoms with Crippen LogP contribution >= 0.6 is 0 Å². The Labute approximate surface area is 114 Å². The normalized spacial score (nSPS) is 11.2. The van der Waals surface area contributed by atoms with Gasteiger partial charge in [0.15, 0.2) is 0 Å². The van der Waals surface area contributed by atoms with Gasteiger partial charge < -0.3 is 10.1 Å². The number of anilines is 1. The van der Waals surface area contributed by atoms with E-state index in [2.05, 4.69) is 10.3 Å². The standard InChI is InChI=1S/C14H13F3N2O/c1-18-11-6-7-19-12(8-11)9-20-13-4-2-10(3-5-13)14(15,16)17/h2-8H,9H2,1H3,(H,18,19). The Balaban J connectivity index is 2.00. The van der Waals surface area contributed by atoms with Gasteiger partial charge in [0.25, 0.3) is 0 Å². The van der Waals surface area contributed by atoms with Crippen LogP contribution in [0.15, 0.2) is 42.6 Å². The minimum absolute atomic E-state index is 0.195. The fraction of sp³-hybridized carbons (Fsp3) is 0.214. The molecule has 0 aliphatic heterocycles. The van der Waals surface area contributed by atoms with Crippen molar-refractivity contribution >= 4 is 5.69 Å². The number of nitrogens with one attached hydrogen (secondary N) is 1. The van der Waals surface area contributed by atoms with E-state index in [1.54, 1.807) is 13.2 Å². The van der Waals surface area contributed by atoms with Crippen LogP contribution in [0, 0.1) is 0 Å². The van der Waals surface area contributed by atoms with Gasteiger partial charge in [-0.05, 0) is 36.4 Å². The van der Waals surface area contributed by atoms with Crippen LogP contribution in [-0.4, -0.2) is 12.0 Å². The summed E-state index contributed by atoms with van der Waals surface area (Å²) in [4.78, 5) is 4.11. The molecule has 1 heterocycles. The maximum Gasteiger partial charge on any atom is 0.416 e. The van der Waals surface area contributed by atoms with Crippen molar-refractivity contribution in [1.29, 1.82) is 0 Å². The highest BCUT2D eigenvalue weighted by atomic mass is 19.4. The lowest BCUT2D eigenvalue weighted by Gasteiger charge is -2.09. The number of hydrogen-bond acceptors (Lipinski definition) is 3. The van der Waals surface area contributed by atoms with Gasteiger partial charge >= 0.3 is 6.18 Å². The van der Waals surface area contributed by atoms with E-state index in [0.717, 1.165) is 17.8 Å². The van der Waals surface area contributed by atoms with Crippen molar-refractivity contribution in [3.8, 4) is 5.75 Å². The van der Waals surface area contributed by atoms with Crippen LogP contribution in [0.2, 0.25) is 0 Å². The van der Waals surface area contributed by atoms with Gasteiger partial charge in [0.1, 0.15) is 12.4 Å². The minimum Gasteiger partial charge on any atom is -0.487 e. The van der Waals surface area contributed by atoms with Crippen LogP contribution in [-0.2, 0) is 12.8 Å². The maximum atomic E-state index is 12.4. The number of hydrogen-bond donors (Lipinski definition) is 1. The Morgan fingerprint density at radius 3 is 2.45 bits per heavy atom. The summed E-state index contributed by atoms with van der Waals surface area (Å²) in [6, 6.07) is 8.20. The molecule has 1 aromatic carbocycles. The maximum absolute atomic E-state index is 12.4. The average Bonchev–Trinajstić information content (AvgIpc) is 2.45. The molecule has 0 spiro atoms. The molecule has 2 aromatic rings. The van der Waals surface area contributed by atoms with Gasteiger partial charge in [0.05, 0.1) is 11.3 Å². The number of pyridine rings is 1. The average molecular weight is 282 g/mol. The summed E-state index contributed by atoms with van der Waals surface area (Å²) in [6.45, 7) is 0.195. The molecule has 0 amide bonds. The molecule has 0 radical (unpaired) electrons. The first kappa shape index (κ1) is 14.2. The van der Waals surface area contributed by atoms with Crippen LogP contribution in [0.3, 0.4) is 0 Å². The van der Waals surface area contributed by atoms with Crippen LogP contribution in [0.5, 0.6) is 5.75 Å². The molecule has 2 rings (SSSR count). The predicted molar refractivity (Wildman–Crippen MR) is 69.6 cm³/mol. The molecule has 0 aliphatic rings. The minimum atomic E-state index is -4.33. The van der Waals surface area contributed by atoms with E-state index in [9.17, 15) is 13.2 Å². The summed E-state index contributed by atoms with van der Waals surface area (Å²) in [5.74, 6) is 0.370. The monoisotopic (exact) mass is 282 g/mol. The lowest BCUT2D eigenvalue weighted by molar-refractivity contribution is -0.137. The van der Waals surface area contributed by atoms with E-state index in [4.69, 9.17) is 4.74 Å². The van der Waals surface area contributed by atoms with Crippen molar-refractivity contribution in [2.45, 2.75) is 12.8 Å². The Morgan fingerprint density at radius 2 is 1.85 bits per heavy atom. The molecule has 0 unspecified atom stereocenters. The number of benzene rings is 1. The summed E-state index contributed by atoms with van der Waals surface area (Å²) in [5, 5.41) is 2.97. The van der Waals surface area contributed by atoms with E-state index in [0.29, 0.717) is 11.4 Å². The van der Waals surface area contributed by atoms with Gasteiger partial charge in [0, 0.05) is 18.9 Å². The smallest absolute Gasteiger partial charge is 0.416 e. The molecule has 106 valence electrons. The zero-order valence-corrected chi connectivity index (χ0v) is 10.7. The number of nitrogens with zero attached hydrogens (tertiary/aromatic N) is 1. The second kappa shape index (κ2) is 5.81. The first-order chi connectivity index (χ1) is 9.49. The van der Waals surface area contributed by atoms with Gasteiger partial charge in [-0.15, -0.1) is 0 Å². The molecular formula is C14H13F3N2O. The Bertz CT molecular complexity index is 567. The number of rotatable bonds is 4. The van der Waals surface area contributed by atoms with Crippen molar-refractivity contribution < 1.29 is 17.9 Å². The van der Waals surface area contributed by atoms with Gasteiger partial charge in [0.2, 0.25) is 0 Å². The molecule has 0 fully saturated rings. The predicted octanol–water partition coefficient (Wildman–Crippen LogP) is 3.72. The van der Waals surface area contributed by atoms with E-state index < -0.39 is 11.7 Å². The van der Waals surface area contributed by atoms with E-state index in [-0.39, 0.29) is 6.61 Å². The van der Waals surface area contributed by atoms with Crippen molar-refractivity contribution in [1.82, 2.24) is 4.98 Å². The molecule has 0 atom stereocenters. The third kappa shape index (κ3) is 3.63. The third-order valence-electron chi connectivity index (χ3n) is 2.67. The highest BCUT2D eigenvalue weighted by molar-refractivity contribution is 5.42. The lowest BCUT2D eigenvalue weighted by Crippen LogP contribution is -2.04. The number of ether oxygens (including phenoxy) is 1. The molecule has 3 nitrogen and oxygen atoms in total. The summed E-state index contributed by atoms with van der Waals surface area (Å²) in [7, 11) is 1.79. The SMILES string of the molecule is CNc1ccnc(COc2ccc(C(F)(F)F)cc2)c1. The fourth-order valence-electron chi connectivity index (χ4n) is 1.61. The second-order valence-corrected chi connectivity index (χ2v) is 4.10. The molecule has 0 saturated heterocycles. The lowest BCUT2D eigenvalue weighted by atomic mass is 10.2. The van der Waals surface area contributed by atoms with Crippen LogP contribution in [0.25, 0.3) is 0 Å². The van der Waals surface area contributed by atoms with Crippen LogP contribution in [0.1, 0.15) is 11.3 Å².